The molecule has 0 radical (unpaired) electrons. The van der Waals surface area contributed by atoms with E-state index < -0.39 is 0 Å². The summed E-state index contributed by atoms with van der Waals surface area (Å²) in [5.41, 5.74) is 7.61. The van der Waals surface area contributed by atoms with E-state index in [1.807, 2.05) is 31.3 Å². The monoisotopic (exact) mass is 234 g/mol. The average molecular weight is 234 g/mol. The molecule has 1 amide bonds. The molecule has 1 aromatic carbocycles. The molecule has 0 unspecified atom stereocenters. The summed E-state index contributed by atoms with van der Waals surface area (Å²) in [5.74, 6) is 0.166. The predicted molar refractivity (Wildman–Crippen MR) is 71.9 cm³/mol. The van der Waals surface area contributed by atoms with Crippen LogP contribution < -0.4 is 10.6 Å². The lowest BCUT2D eigenvalue weighted by Crippen LogP contribution is -2.27. The Balaban J connectivity index is 2.67. The van der Waals surface area contributed by atoms with Gasteiger partial charge in [-0.3, -0.25) is 4.79 Å². The Hall–Kier alpha value is -1.35. The number of benzene rings is 1. The third kappa shape index (κ3) is 3.86. The summed E-state index contributed by atoms with van der Waals surface area (Å²) in [6, 6.07) is 7.79. The number of unbranched alkanes of at least 4 members (excludes halogenated alkanes) is 2. The van der Waals surface area contributed by atoms with Crippen molar-refractivity contribution in [3.63, 3.8) is 0 Å². The Morgan fingerprint density at radius 1 is 1.29 bits per heavy atom. The molecular formula is C14H22N2O. The van der Waals surface area contributed by atoms with E-state index in [1.165, 1.54) is 0 Å². The molecule has 0 aromatic heterocycles. The van der Waals surface area contributed by atoms with Gasteiger partial charge in [0.15, 0.2) is 0 Å². The first-order valence-corrected chi connectivity index (χ1v) is 6.25. The molecule has 0 saturated heterocycles. The second kappa shape index (κ2) is 7.07. The normalized spacial score (nSPS) is 10.3. The summed E-state index contributed by atoms with van der Waals surface area (Å²) in [6.45, 7) is 2.60. The first-order valence-electron chi connectivity index (χ1n) is 6.25. The minimum absolute atomic E-state index is 0.166. The predicted octanol–water partition coefficient (Wildman–Crippen LogP) is 2.69. The number of carbonyl (C=O) groups is 1. The maximum Gasteiger partial charge on any atom is 0.226 e. The molecule has 2 N–H and O–H groups in total. The van der Waals surface area contributed by atoms with Crippen LogP contribution in [0.4, 0.5) is 5.69 Å². The Labute approximate surface area is 104 Å². The van der Waals surface area contributed by atoms with Crippen molar-refractivity contribution in [1.82, 2.24) is 0 Å². The van der Waals surface area contributed by atoms with Crippen molar-refractivity contribution < 1.29 is 4.79 Å². The smallest absolute Gasteiger partial charge is 0.226 e. The van der Waals surface area contributed by atoms with E-state index in [4.69, 9.17) is 5.73 Å². The number of nitrogens with zero attached hydrogens (tertiary/aromatic N) is 1. The Kier molecular flexibility index (Phi) is 5.70. The average Bonchev–Trinajstić information content (AvgIpc) is 2.38. The summed E-state index contributed by atoms with van der Waals surface area (Å²) in [7, 11) is 1.82. The lowest BCUT2D eigenvalue weighted by molar-refractivity contribution is -0.118. The third-order valence-corrected chi connectivity index (χ3v) is 2.94. The second-order valence-electron chi connectivity index (χ2n) is 4.24. The molecule has 0 aliphatic carbocycles. The number of anilines is 1. The molecule has 0 atom stereocenters. The Morgan fingerprint density at radius 3 is 2.65 bits per heavy atom. The molecule has 0 bridgehead atoms. The molecule has 17 heavy (non-hydrogen) atoms. The molecule has 1 aromatic rings. The first-order chi connectivity index (χ1) is 8.20. The summed E-state index contributed by atoms with van der Waals surface area (Å²) < 4.78 is 0. The van der Waals surface area contributed by atoms with E-state index in [9.17, 15) is 4.79 Å². The maximum atomic E-state index is 12.0. The minimum atomic E-state index is 0.166. The molecule has 0 aliphatic heterocycles. The quantitative estimate of drug-likeness (QED) is 0.769. The molecule has 94 valence electrons. The van der Waals surface area contributed by atoms with E-state index in [2.05, 4.69) is 6.92 Å². The van der Waals surface area contributed by atoms with Crippen LogP contribution >= 0.6 is 0 Å². The highest BCUT2D eigenvalue weighted by Crippen LogP contribution is 2.19. The van der Waals surface area contributed by atoms with Crippen LogP contribution in [0.25, 0.3) is 0 Å². The Bertz CT molecular complexity index is 363. The van der Waals surface area contributed by atoms with Crippen LogP contribution in [0, 0.1) is 0 Å². The van der Waals surface area contributed by atoms with E-state index in [0.717, 1.165) is 30.5 Å². The van der Waals surface area contributed by atoms with Crippen LogP contribution in [0.1, 0.15) is 38.2 Å². The number of carbonyl (C=O) groups excluding carboxylic acids is 1. The van der Waals surface area contributed by atoms with Crippen molar-refractivity contribution in [2.24, 2.45) is 5.73 Å². The molecule has 0 heterocycles. The summed E-state index contributed by atoms with van der Waals surface area (Å²) in [6.07, 6.45) is 3.82. The van der Waals surface area contributed by atoms with Crippen LogP contribution in [-0.2, 0) is 11.3 Å². The van der Waals surface area contributed by atoms with Crippen molar-refractivity contribution in [2.75, 3.05) is 11.9 Å². The molecule has 1 rings (SSSR count). The van der Waals surface area contributed by atoms with Crippen molar-refractivity contribution in [3.05, 3.63) is 29.8 Å². The standard InChI is InChI=1S/C14H22N2O/c1-3-4-5-10-14(17)16(2)13-9-7-6-8-12(13)11-15/h6-9H,3-5,10-11,15H2,1-2H3. The van der Waals surface area contributed by atoms with Crippen LogP contribution in [0.5, 0.6) is 0 Å². The van der Waals surface area contributed by atoms with Gasteiger partial charge >= 0.3 is 0 Å². The highest BCUT2D eigenvalue weighted by atomic mass is 16.2. The van der Waals surface area contributed by atoms with Crippen molar-refractivity contribution in [1.29, 1.82) is 0 Å². The van der Waals surface area contributed by atoms with Crippen LogP contribution in [0.2, 0.25) is 0 Å². The largest absolute Gasteiger partial charge is 0.326 e. The van der Waals surface area contributed by atoms with Crippen molar-refractivity contribution in [3.8, 4) is 0 Å². The van der Waals surface area contributed by atoms with Gasteiger partial charge in [-0.1, -0.05) is 38.0 Å². The molecule has 0 aliphatic rings. The van der Waals surface area contributed by atoms with Gasteiger partial charge in [0.25, 0.3) is 0 Å². The molecule has 0 spiro atoms. The van der Waals surface area contributed by atoms with Crippen molar-refractivity contribution in [2.45, 2.75) is 39.2 Å². The van der Waals surface area contributed by atoms with Crippen LogP contribution in [0.3, 0.4) is 0 Å². The lowest BCUT2D eigenvalue weighted by Gasteiger charge is -2.20. The zero-order valence-electron chi connectivity index (χ0n) is 10.8. The van der Waals surface area contributed by atoms with E-state index >= 15 is 0 Å². The molecule has 3 heteroatoms. The second-order valence-corrected chi connectivity index (χ2v) is 4.24. The summed E-state index contributed by atoms with van der Waals surface area (Å²) >= 11 is 0. The third-order valence-electron chi connectivity index (χ3n) is 2.94. The number of hydrogen-bond donors (Lipinski definition) is 1. The number of para-hydroxylation sites is 1. The number of nitrogens with two attached hydrogens (primary N) is 1. The van der Waals surface area contributed by atoms with E-state index in [-0.39, 0.29) is 5.91 Å². The molecular weight excluding hydrogens is 212 g/mol. The zero-order valence-corrected chi connectivity index (χ0v) is 10.8. The summed E-state index contributed by atoms with van der Waals surface area (Å²) in [4.78, 5) is 13.7. The number of hydrogen-bond acceptors (Lipinski definition) is 2. The molecule has 0 saturated carbocycles. The van der Waals surface area contributed by atoms with Gasteiger partial charge in [0, 0.05) is 25.7 Å². The highest BCUT2D eigenvalue weighted by Gasteiger charge is 2.12. The summed E-state index contributed by atoms with van der Waals surface area (Å²) in [5, 5.41) is 0. The SMILES string of the molecule is CCCCCC(=O)N(C)c1ccccc1CN. The topological polar surface area (TPSA) is 46.3 Å². The fourth-order valence-electron chi connectivity index (χ4n) is 1.84. The van der Waals surface area contributed by atoms with E-state index in [0.29, 0.717) is 13.0 Å². The maximum absolute atomic E-state index is 12.0. The minimum Gasteiger partial charge on any atom is -0.326 e. The van der Waals surface area contributed by atoms with Gasteiger partial charge in [-0.15, -0.1) is 0 Å². The fourth-order valence-corrected chi connectivity index (χ4v) is 1.84. The number of amides is 1. The molecule has 0 fully saturated rings. The molecule has 3 nitrogen and oxygen atoms in total. The van der Waals surface area contributed by atoms with Gasteiger partial charge < -0.3 is 10.6 Å². The van der Waals surface area contributed by atoms with Crippen LogP contribution in [0.15, 0.2) is 24.3 Å². The zero-order chi connectivity index (χ0) is 12.7. The van der Waals surface area contributed by atoms with Gasteiger partial charge in [0.2, 0.25) is 5.91 Å². The highest BCUT2D eigenvalue weighted by molar-refractivity contribution is 5.93. The fraction of sp³-hybridized carbons (Fsp3) is 0.500. The first kappa shape index (κ1) is 13.7. The van der Waals surface area contributed by atoms with Gasteiger partial charge in [0.1, 0.15) is 0 Å². The Morgan fingerprint density at radius 2 is 2.00 bits per heavy atom. The van der Waals surface area contributed by atoms with E-state index in [1.54, 1.807) is 4.90 Å². The van der Waals surface area contributed by atoms with Gasteiger partial charge in [-0.25, -0.2) is 0 Å². The number of rotatable bonds is 6. The van der Waals surface area contributed by atoms with Gasteiger partial charge in [-0.05, 0) is 18.1 Å². The lowest BCUT2D eigenvalue weighted by atomic mass is 10.1. The van der Waals surface area contributed by atoms with Crippen LogP contribution in [-0.4, -0.2) is 13.0 Å². The van der Waals surface area contributed by atoms with Gasteiger partial charge in [0.05, 0.1) is 0 Å². The van der Waals surface area contributed by atoms with Crippen molar-refractivity contribution >= 4 is 11.6 Å². The van der Waals surface area contributed by atoms with Gasteiger partial charge in [-0.2, -0.15) is 0 Å².